The number of nitrogens with one attached hydrogen (secondary N) is 2. The molecule has 162 valence electrons. The van der Waals surface area contributed by atoms with E-state index in [0.717, 1.165) is 38.0 Å². The van der Waals surface area contributed by atoms with Crippen LogP contribution in [0.5, 0.6) is 0 Å². The van der Waals surface area contributed by atoms with Gasteiger partial charge in [-0.05, 0) is 72.1 Å². The number of likely N-dealkylation sites (tertiary alicyclic amines) is 1. The van der Waals surface area contributed by atoms with Crippen molar-refractivity contribution in [2.24, 2.45) is 0 Å². The molecule has 0 radical (unpaired) electrons. The second kappa shape index (κ2) is 9.41. The molecule has 1 aromatic carbocycles. The molecular formula is C22H35N3O3S. The summed E-state index contributed by atoms with van der Waals surface area (Å²) in [6.45, 7) is 14.2. The topological polar surface area (TPSA) is 78.5 Å². The van der Waals surface area contributed by atoms with Crippen molar-refractivity contribution in [2.45, 2.75) is 70.9 Å². The van der Waals surface area contributed by atoms with Crippen molar-refractivity contribution in [1.82, 2.24) is 14.9 Å². The highest BCUT2D eigenvalue weighted by atomic mass is 32.2. The number of carbonyl (C=O) groups is 1. The van der Waals surface area contributed by atoms with Gasteiger partial charge < -0.3 is 5.32 Å². The van der Waals surface area contributed by atoms with Crippen LogP contribution in [0.1, 0.15) is 63.4 Å². The zero-order valence-corrected chi connectivity index (χ0v) is 19.3. The van der Waals surface area contributed by atoms with Gasteiger partial charge in [-0.1, -0.05) is 17.7 Å². The standard InChI is InChI=1S/C22H35N3O3S/c1-16(2)9-12-25-13-10-18(11-14-25)23-21(26)20-15-19(8-7-17(20)3)29(27,28)24-22(4,5)6/h7-9,15,18,24H,10-14H2,1-6H3,(H,23,26). The van der Waals surface area contributed by atoms with E-state index in [1.54, 1.807) is 32.9 Å². The van der Waals surface area contributed by atoms with Crippen LogP contribution in [0.15, 0.2) is 34.7 Å². The number of hydrogen-bond donors (Lipinski definition) is 2. The Kier molecular flexibility index (Phi) is 7.65. The molecule has 1 aliphatic rings. The number of nitrogens with zero attached hydrogens (tertiary/aromatic N) is 1. The average Bonchev–Trinajstić information content (AvgIpc) is 2.59. The van der Waals surface area contributed by atoms with Crippen molar-refractivity contribution >= 4 is 15.9 Å². The molecule has 2 N–H and O–H groups in total. The Hall–Kier alpha value is -1.70. The molecule has 0 aromatic heterocycles. The van der Waals surface area contributed by atoms with Gasteiger partial charge in [0.2, 0.25) is 10.0 Å². The lowest BCUT2D eigenvalue weighted by Gasteiger charge is -2.31. The van der Waals surface area contributed by atoms with Crippen LogP contribution in [0.2, 0.25) is 0 Å². The summed E-state index contributed by atoms with van der Waals surface area (Å²) in [4.78, 5) is 15.3. The van der Waals surface area contributed by atoms with Crippen molar-refractivity contribution in [1.29, 1.82) is 0 Å². The van der Waals surface area contributed by atoms with Gasteiger partial charge in [0.1, 0.15) is 0 Å². The molecule has 0 spiro atoms. The number of allylic oxidation sites excluding steroid dienone is 1. The summed E-state index contributed by atoms with van der Waals surface area (Å²) in [6, 6.07) is 4.82. The van der Waals surface area contributed by atoms with Crippen molar-refractivity contribution in [2.75, 3.05) is 19.6 Å². The van der Waals surface area contributed by atoms with Gasteiger partial charge in [0.25, 0.3) is 5.91 Å². The van der Waals surface area contributed by atoms with E-state index in [-0.39, 0.29) is 16.8 Å². The summed E-state index contributed by atoms with van der Waals surface area (Å²) < 4.78 is 27.9. The maximum absolute atomic E-state index is 12.8. The van der Waals surface area contributed by atoms with Gasteiger partial charge in [0.05, 0.1) is 4.90 Å². The van der Waals surface area contributed by atoms with Gasteiger partial charge in [0, 0.05) is 36.8 Å². The van der Waals surface area contributed by atoms with E-state index in [9.17, 15) is 13.2 Å². The third-order valence-electron chi connectivity index (χ3n) is 4.89. The zero-order valence-electron chi connectivity index (χ0n) is 18.5. The van der Waals surface area contributed by atoms with E-state index in [1.807, 2.05) is 6.92 Å². The van der Waals surface area contributed by atoms with Crippen molar-refractivity contribution in [3.63, 3.8) is 0 Å². The maximum atomic E-state index is 12.8. The molecule has 1 amide bonds. The van der Waals surface area contributed by atoms with Crippen LogP contribution in [-0.4, -0.2) is 50.4 Å². The molecule has 2 rings (SSSR count). The SMILES string of the molecule is CC(C)=CCN1CCC(NC(=O)c2cc(S(=O)(=O)NC(C)(C)C)ccc2C)CC1. The molecule has 1 heterocycles. The molecule has 1 saturated heterocycles. The van der Waals surface area contributed by atoms with Crippen LogP contribution >= 0.6 is 0 Å². The van der Waals surface area contributed by atoms with Crippen LogP contribution in [0.25, 0.3) is 0 Å². The average molecular weight is 422 g/mol. The Morgan fingerprint density at radius 1 is 1.21 bits per heavy atom. The summed E-state index contributed by atoms with van der Waals surface area (Å²) in [6.07, 6.45) is 4.01. The van der Waals surface area contributed by atoms with E-state index >= 15 is 0 Å². The third kappa shape index (κ3) is 7.24. The number of amides is 1. The molecule has 29 heavy (non-hydrogen) atoms. The predicted molar refractivity (Wildman–Crippen MR) is 118 cm³/mol. The largest absolute Gasteiger partial charge is 0.349 e. The quantitative estimate of drug-likeness (QED) is 0.691. The molecule has 0 aliphatic carbocycles. The van der Waals surface area contributed by atoms with Gasteiger partial charge in [-0.15, -0.1) is 0 Å². The predicted octanol–water partition coefficient (Wildman–Crippen LogP) is 3.23. The molecule has 0 unspecified atom stereocenters. The van der Waals surface area contributed by atoms with Crippen molar-refractivity contribution in [3.8, 4) is 0 Å². The fraction of sp³-hybridized carbons (Fsp3) is 0.591. The summed E-state index contributed by atoms with van der Waals surface area (Å²) >= 11 is 0. The smallest absolute Gasteiger partial charge is 0.251 e. The van der Waals surface area contributed by atoms with E-state index in [2.05, 4.69) is 34.9 Å². The maximum Gasteiger partial charge on any atom is 0.251 e. The fourth-order valence-corrected chi connectivity index (χ4v) is 4.75. The first-order valence-electron chi connectivity index (χ1n) is 10.2. The number of benzene rings is 1. The van der Waals surface area contributed by atoms with Gasteiger partial charge in [-0.25, -0.2) is 13.1 Å². The Morgan fingerprint density at radius 2 is 1.83 bits per heavy atom. The molecule has 1 aliphatic heterocycles. The summed E-state index contributed by atoms with van der Waals surface area (Å²) in [5.41, 5.74) is 1.89. The second-order valence-electron chi connectivity index (χ2n) is 9.16. The minimum absolute atomic E-state index is 0.109. The van der Waals surface area contributed by atoms with Gasteiger partial charge in [-0.2, -0.15) is 0 Å². The normalized spacial score (nSPS) is 16.5. The molecule has 7 heteroatoms. The lowest BCUT2D eigenvalue weighted by atomic mass is 10.0. The van der Waals surface area contributed by atoms with Crippen molar-refractivity contribution < 1.29 is 13.2 Å². The number of rotatable bonds is 6. The fourth-order valence-electron chi connectivity index (χ4n) is 3.31. The first kappa shape index (κ1) is 23.6. The van der Waals surface area contributed by atoms with E-state index < -0.39 is 15.6 Å². The molecule has 1 aromatic rings. The minimum atomic E-state index is -3.69. The highest BCUT2D eigenvalue weighted by Crippen LogP contribution is 2.19. The van der Waals surface area contributed by atoms with Crippen LogP contribution in [0.3, 0.4) is 0 Å². The Balaban J connectivity index is 2.05. The third-order valence-corrected chi connectivity index (χ3v) is 6.64. The molecule has 0 bridgehead atoms. The van der Waals surface area contributed by atoms with E-state index in [1.165, 1.54) is 11.6 Å². The van der Waals surface area contributed by atoms with Crippen LogP contribution in [-0.2, 0) is 10.0 Å². The van der Waals surface area contributed by atoms with Crippen LogP contribution in [0.4, 0.5) is 0 Å². The zero-order chi connectivity index (χ0) is 21.8. The van der Waals surface area contributed by atoms with Crippen LogP contribution < -0.4 is 10.0 Å². The lowest BCUT2D eigenvalue weighted by Crippen LogP contribution is -2.44. The molecule has 0 saturated carbocycles. The summed E-state index contributed by atoms with van der Waals surface area (Å²) in [7, 11) is -3.69. The highest BCUT2D eigenvalue weighted by Gasteiger charge is 2.25. The number of sulfonamides is 1. The van der Waals surface area contributed by atoms with E-state index in [4.69, 9.17) is 0 Å². The number of aryl methyl sites for hydroxylation is 1. The lowest BCUT2D eigenvalue weighted by molar-refractivity contribution is 0.0913. The summed E-state index contributed by atoms with van der Waals surface area (Å²) in [5, 5.41) is 3.09. The van der Waals surface area contributed by atoms with Crippen LogP contribution in [0, 0.1) is 6.92 Å². The Labute approximate surface area is 175 Å². The monoisotopic (exact) mass is 421 g/mol. The molecule has 6 nitrogen and oxygen atoms in total. The minimum Gasteiger partial charge on any atom is -0.349 e. The Bertz CT molecular complexity index is 858. The first-order valence-corrected chi connectivity index (χ1v) is 11.7. The van der Waals surface area contributed by atoms with Gasteiger partial charge in [0.15, 0.2) is 0 Å². The summed E-state index contributed by atoms with van der Waals surface area (Å²) in [5.74, 6) is -0.210. The van der Waals surface area contributed by atoms with E-state index in [0.29, 0.717) is 5.56 Å². The first-order chi connectivity index (χ1) is 13.4. The molecule has 0 atom stereocenters. The molecular weight excluding hydrogens is 386 g/mol. The van der Waals surface area contributed by atoms with Gasteiger partial charge in [-0.3, -0.25) is 9.69 Å². The number of hydrogen-bond acceptors (Lipinski definition) is 4. The highest BCUT2D eigenvalue weighted by molar-refractivity contribution is 7.89. The van der Waals surface area contributed by atoms with Crippen molar-refractivity contribution in [3.05, 3.63) is 41.0 Å². The number of carbonyl (C=O) groups excluding carboxylic acids is 1. The molecule has 1 fully saturated rings. The number of piperidine rings is 1. The Morgan fingerprint density at radius 3 is 2.38 bits per heavy atom. The van der Waals surface area contributed by atoms with Gasteiger partial charge >= 0.3 is 0 Å². The second-order valence-corrected chi connectivity index (χ2v) is 10.8.